The summed E-state index contributed by atoms with van der Waals surface area (Å²) in [6.07, 6.45) is 13.7. The first-order valence-electron chi connectivity index (χ1n) is 10.2. The lowest BCUT2D eigenvalue weighted by Crippen LogP contribution is -2.34. The SMILES string of the molecule is C/C=C/COC(=O)CC(C(=O)OCCCCCCCCCCCC)S(=O)(=O)O. The molecule has 0 heterocycles. The molecule has 1 N–H and O–H groups in total. The second-order valence-electron chi connectivity index (χ2n) is 6.81. The van der Waals surface area contributed by atoms with Crippen molar-refractivity contribution in [3.05, 3.63) is 12.2 Å². The Kier molecular flexibility index (Phi) is 15.7. The molecule has 0 aromatic rings. The third-order valence-corrected chi connectivity index (χ3v) is 5.37. The normalized spacial score (nSPS) is 12.8. The van der Waals surface area contributed by atoms with Gasteiger partial charge >= 0.3 is 11.9 Å². The maximum atomic E-state index is 11.9. The minimum absolute atomic E-state index is 0.0266. The lowest BCUT2D eigenvalue weighted by atomic mass is 10.1. The summed E-state index contributed by atoms with van der Waals surface area (Å²) >= 11 is 0. The van der Waals surface area contributed by atoms with Crippen molar-refractivity contribution < 1.29 is 32.0 Å². The molecular formula is C20H36O7S. The molecule has 0 radical (unpaired) electrons. The molecule has 0 aromatic carbocycles. The van der Waals surface area contributed by atoms with Crippen LogP contribution in [-0.2, 0) is 29.2 Å². The molecule has 0 bridgehead atoms. The van der Waals surface area contributed by atoms with Crippen LogP contribution in [0.2, 0.25) is 0 Å². The van der Waals surface area contributed by atoms with Gasteiger partial charge in [0.2, 0.25) is 0 Å². The molecule has 0 aliphatic heterocycles. The number of hydrogen-bond acceptors (Lipinski definition) is 6. The summed E-state index contributed by atoms with van der Waals surface area (Å²) in [6, 6.07) is 0. The van der Waals surface area contributed by atoms with Crippen LogP contribution in [0.15, 0.2) is 12.2 Å². The summed E-state index contributed by atoms with van der Waals surface area (Å²) in [6.45, 7) is 3.97. The molecule has 1 unspecified atom stereocenters. The quantitative estimate of drug-likeness (QED) is 0.162. The molecule has 0 fully saturated rings. The van der Waals surface area contributed by atoms with E-state index < -0.39 is 33.7 Å². The first-order chi connectivity index (χ1) is 13.3. The van der Waals surface area contributed by atoms with Crippen molar-refractivity contribution >= 4 is 22.1 Å². The zero-order valence-corrected chi connectivity index (χ0v) is 18.0. The van der Waals surface area contributed by atoms with Crippen molar-refractivity contribution in [3.8, 4) is 0 Å². The van der Waals surface area contributed by atoms with Gasteiger partial charge in [0.05, 0.1) is 13.0 Å². The van der Waals surface area contributed by atoms with Crippen LogP contribution in [0.25, 0.3) is 0 Å². The Balaban J connectivity index is 4.02. The zero-order chi connectivity index (χ0) is 21.3. The molecular weight excluding hydrogens is 384 g/mol. The molecule has 0 saturated heterocycles. The van der Waals surface area contributed by atoms with Crippen LogP contribution in [0.3, 0.4) is 0 Å². The maximum Gasteiger partial charge on any atom is 0.327 e. The Morgan fingerprint density at radius 1 is 0.929 bits per heavy atom. The van der Waals surface area contributed by atoms with Crippen LogP contribution in [-0.4, -0.2) is 43.4 Å². The fourth-order valence-corrected chi connectivity index (χ4v) is 3.27. The second-order valence-corrected chi connectivity index (χ2v) is 8.41. The molecule has 0 spiro atoms. The van der Waals surface area contributed by atoms with E-state index in [1.807, 2.05) is 0 Å². The number of rotatable bonds is 17. The number of hydrogen-bond donors (Lipinski definition) is 1. The first kappa shape index (κ1) is 26.6. The van der Waals surface area contributed by atoms with Gasteiger partial charge in [-0.15, -0.1) is 0 Å². The Morgan fingerprint density at radius 2 is 1.46 bits per heavy atom. The van der Waals surface area contributed by atoms with Gasteiger partial charge in [-0.3, -0.25) is 14.1 Å². The third-order valence-electron chi connectivity index (χ3n) is 4.29. The van der Waals surface area contributed by atoms with E-state index in [0.717, 1.165) is 19.3 Å². The predicted molar refractivity (Wildman–Crippen MR) is 109 cm³/mol. The van der Waals surface area contributed by atoms with E-state index in [1.54, 1.807) is 19.1 Å². The molecule has 0 saturated carbocycles. The van der Waals surface area contributed by atoms with Crippen LogP contribution in [0.4, 0.5) is 0 Å². The Labute approximate surface area is 169 Å². The third kappa shape index (κ3) is 14.6. The van der Waals surface area contributed by atoms with Crippen LogP contribution in [0.1, 0.15) is 84.5 Å². The van der Waals surface area contributed by atoms with Gasteiger partial charge in [0.25, 0.3) is 10.1 Å². The van der Waals surface area contributed by atoms with Crippen molar-refractivity contribution in [2.24, 2.45) is 0 Å². The summed E-state index contributed by atoms with van der Waals surface area (Å²) in [4.78, 5) is 23.5. The molecule has 7 nitrogen and oxygen atoms in total. The van der Waals surface area contributed by atoms with Crippen LogP contribution in [0.5, 0.6) is 0 Å². The molecule has 28 heavy (non-hydrogen) atoms. The van der Waals surface area contributed by atoms with Gasteiger partial charge in [0, 0.05) is 0 Å². The standard InChI is InChI=1S/C20H36O7S/c1-3-5-7-8-9-10-11-12-13-14-16-27-20(22)18(28(23,24)25)17-19(21)26-15-6-4-2/h4,6,18H,3,5,7-17H2,1-2H3,(H,23,24,25)/b6-4+. The topological polar surface area (TPSA) is 107 Å². The van der Waals surface area contributed by atoms with Gasteiger partial charge in [-0.2, -0.15) is 8.42 Å². The van der Waals surface area contributed by atoms with E-state index in [9.17, 15) is 22.6 Å². The summed E-state index contributed by atoms with van der Waals surface area (Å²) in [7, 11) is -4.75. The zero-order valence-electron chi connectivity index (χ0n) is 17.2. The minimum atomic E-state index is -4.75. The first-order valence-corrected chi connectivity index (χ1v) is 11.7. The number of carbonyl (C=O) groups excluding carboxylic acids is 2. The highest BCUT2D eigenvalue weighted by Crippen LogP contribution is 2.12. The van der Waals surface area contributed by atoms with Crippen molar-refractivity contribution in [1.82, 2.24) is 0 Å². The van der Waals surface area contributed by atoms with E-state index in [4.69, 9.17) is 9.47 Å². The van der Waals surface area contributed by atoms with E-state index in [1.165, 1.54) is 38.5 Å². The number of unbranched alkanes of at least 4 members (excludes halogenated alkanes) is 9. The molecule has 1 atom stereocenters. The number of esters is 2. The van der Waals surface area contributed by atoms with Crippen molar-refractivity contribution in [2.75, 3.05) is 13.2 Å². The number of allylic oxidation sites excluding steroid dienone is 1. The average Bonchev–Trinajstić information content (AvgIpc) is 2.63. The maximum absolute atomic E-state index is 11.9. The number of carbonyl (C=O) groups is 2. The molecule has 8 heteroatoms. The van der Waals surface area contributed by atoms with Crippen molar-refractivity contribution in [3.63, 3.8) is 0 Å². The lowest BCUT2D eigenvalue weighted by molar-refractivity contribution is -0.149. The van der Waals surface area contributed by atoms with Crippen molar-refractivity contribution in [2.45, 2.75) is 89.7 Å². The predicted octanol–water partition coefficient (Wildman–Crippen LogP) is 4.22. The van der Waals surface area contributed by atoms with Gasteiger partial charge < -0.3 is 9.47 Å². The van der Waals surface area contributed by atoms with E-state index >= 15 is 0 Å². The largest absolute Gasteiger partial charge is 0.465 e. The van der Waals surface area contributed by atoms with Gasteiger partial charge in [-0.1, -0.05) is 76.9 Å². The smallest absolute Gasteiger partial charge is 0.327 e. The molecule has 0 amide bonds. The fourth-order valence-electron chi connectivity index (χ4n) is 2.61. The summed E-state index contributed by atoms with van der Waals surface area (Å²) in [5, 5.41) is -1.95. The fraction of sp³-hybridized carbons (Fsp3) is 0.800. The monoisotopic (exact) mass is 420 g/mol. The van der Waals surface area contributed by atoms with Crippen LogP contribution in [0, 0.1) is 0 Å². The molecule has 0 aromatic heterocycles. The molecule has 0 rings (SSSR count). The van der Waals surface area contributed by atoms with E-state index in [2.05, 4.69) is 6.92 Å². The lowest BCUT2D eigenvalue weighted by Gasteiger charge is -2.12. The summed E-state index contributed by atoms with van der Waals surface area (Å²) in [5.74, 6) is -2.02. The second kappa shape index (κ2) is 16.5. The van der Waals surface area contributed by atoms with Gasteiger partial charge in [0.15, 0.2) is 5.25 Å². The Bertz CT molecular complexity index is 555. The van der Waals surface area contributed by atoms with E-state index in [0.29, 0.717) is 6.42 Å². The Hall–Kier alpha value is -1.41. The highest BCUT2D eigenvalue weighted by molar-refractivity contribution is 7.87. The molecule has 164 valence electrons. The summed E-state index contributed by atoms with van der Waals surface area (Å²) in [5.41, 5.74) is 0. The van der Waals surface area contributed by atoms with Crippen molar-refractivity contribution in [1.29, 1.82) is 0 Å². The van der Waals surface area contributed by atoms with Gasteiger partial charge in [-0.25, -0.2) is 0 Å². The molecule has 0 aliphatic carbocycles. The van der Waals surface area contributed by atoms with Crippen LogP contribution >= 0.6 is 0 Å². The van der Waals surface area contributed by atoms with Gasteiger partial charge in [0.1, 0.15) is 6.61 Å². The van der Waals surface area contributed by atoms with E-state index in [-0.39, 0.29) is 13.2 Å². The molecule has 0 aliphatic rings. The Morgan fingerprint density at radius 3 is 1.96 bits per heavy atom. The average molecular weight is 421 g/mol. The number of ether oxygens (including phenoxy) is 2. The highest BCUT2D eigenvalue weighted by atomic mass is 32.2. The van der Waals surface area contributed by atoms with Gasteiger partial charge in [-0.05, 0) is 13.3 Å². The summed E-state index contributed by atoms with van der Waals surface area (Å²) < 4.78 is 41.6. The minimum Gasteiger partial charge on any atom is -0.465 e. The van der Waals surface area contributed by atoms with Crippen LogP contribution < -0.4 is 0 Å². The highest BCUT2D eigenvalue weighted by Gasteiger charge is 2.35.